The van der Waals surface area contributed by atoms with Gasteiger partial charge >= 0.3 is 5.97 Å². The SMILES string of the molecule is CC/C=C\c1ccccc1.O=C(O)c1ccccc1CN1CC2(CC(NC3CC3)C2)C1. The van der Waals surface area contributed by atoms with E-state index in [0.29, 0.717) is 11.0 Å². The number of benzene rings is 2. The van der Waals surface area contributed by atoms with E-state index in [1.807, 2.05) is 18.2 Å². The fourth-order valence-electron chi connectivity index (χ4n) is 4.88. The third-order valence-corrected chi connectivity index (χ3v) is 6.51. The molecule has 1 aliphatic heterocycles. The van der Waals surface area contributed by atoms with E-state index in [0.717, 1.165) is 43.7 Å². The predicted octanol–water partition coefficient (Wildman–Crippen LogP) is 5.21. The first kappa shape index (κ1) is 21.8. The van der Waals surface area contributed by atoms with E-state index in [2.05, 4.69) is 53.6 Å². The van der Waals surface area contributed by atoms with Crippen molar-refractivity contribution in [2.24, 2.45) is 5.41 Å². The van der Waals surface area contributed by atoms with Crippen LogP contribution in [-0.4, -0.2) is 41.1 Å². The van der Waals surface area contributed by atoms with E-state index in [9.17, 15) is 9.90 Å². The van der Waals surface area contributed by atoms with Crippen molar-refractivity contribution >= 4 is 12.0 Å². The van der Waals surface area contributed by atoms with Gasteiger partial charge in [0.2, 0.25) is 0 Å². The first-order valence-electron chi connectivity index (χ1n) is 11.6. The monoisotopic (exact) mass is 418 g/mol. The van der Waals surface area contributed by atoms with Crippen LogP contribution in [0.1, 0.15) is 60.5 Å². The number of nitrogens with zero attached hydrogens (tertiary/aromatic N) is 1. The van der Waals surface area contributed by atoms with Crippen LogP contribution >= 0.6 is 0 Å². The van der Waals surface area contributed by atoms with E-state index in [1.54, 1.807) is 12.1 Å². The van der Waals surface area contributed by atoms with Gasteiger partial charge in [0.15, 0.2) is 0 Å². The Bertz CT molecular complexity index is 890. The second-order valence-corrected chi connectivity index (χ2v) is 9.37. The van der Waals surface area contributed by atoms with Crippen LogP contribution in [0.5, 0.6) is 0 Å². The number of hydrogen-bond donors (Lipinski definition) is 2. The summed E-state index contributed by atoms with van der Waals surface area (Å²) in [6.45, 7) is 5.16. The molecule has 1 spiro atoms. The van der Waals surface area contributed by atoms with Gasteiger partial charge in [0.1, 0.15) is 0 Å². The molecule has 5 rings (SSSR count). The summed E-state index contributed by atoms with van der Waals surface area (Å²) in [4.78, 5) is 13.6. The number of aromatic carboxylic acids is 1. The minimum absolute atomic E-state index is 0.445. The first-order valence-corrected chi connectivity index (χ1v) is 11.6. The normalized spacial score (nSPS) is 20.0. The second-order valence-electron chi connectivity index (χ2n) is 9.37. The lowest BCUT2D eigenvalue weighted by atomic mass is 9.60. The molecule has 0 atom stereocenters. The predicted molar refractivity (Wildman–Crippen MR) is 126 cm³/mol. The molecule has 2 saturated carbocycles. The fraction of sp³-hybridized carbons (Fsp3) is 0.444. The Hall–Kier alpha value is -2.43. The molecule has 3 aliphatic rings. The Morgan fingerprint density at radius 2 is 1.74 bits per heavy atom. The quantitative estimate of drug-likeness (QED) is 0.648. The Labute approximate surface area is 186 Å². The van der Waals surface area contributed by atoms with Crippen LogP contribution in [-0.2, 0) is 6.54 Å². The van der Waals surface area contributed by atoms with E-state index in [-0.39, 0.29) is 0 Å². The fourth-order valence-corrected chi connectivity index (χ4v) is 4.88. The Balaban J connectivity index is 0.000000196. The van der Waals surface area contributed by atoms with E-state index in [4.69, 9.17) is 0 Å². The van der Waals surface area contributed by atoms with Gasteiger partial charge in [-0.3, -0.25) is 4.90 Å². The molecule has 0 amide bonds. The van der Waals surface area contributed by atoms with Crippen LogP contribution < -0.4 is 5.32 Å². The second kappa shape index (κ2) is 9.80. The number of nitrogens with one attached hydrogen (secondary N) is 1. The Morgan fingerprint density at radius 3 is 2.39 bits per heavy atom. The molecule has 2 aromatic carbocycles. The van der Waals surface area contributed by atoms with Gasteiger partial charge in [0.05, 0.1) is 5.56 Å². The summed E-state index contributed by atoms with van der Waals surface area (Å²) in [5, 5.41) is 12.9. The number of rotatable bonds is 7. The maximum absolute atomic E-state index is 11.2. The van der Waals surface area contributed by atoms with Crippen LogP contribution in [0.3, 0.4) is 0 Å². The average Bonchev–Trinajstić information content (AvgIpc) is 3.55. The largest absolute Gasteiger partial charge is 0.478 e. The first-order chi connectivity index (χ1) is 15.1. The summed E-state index contributed by atoms with van der Waals surface area (Å²) in [5.74, 6) is -0.821. The van der Waals surface area contributed by atoms with Gasteiger partial charge in [0.25, 0.3) is 0 Å². The summed E-state index contributed by atoms with van der Waals surface area (Å²) < 4.78 is 0. The van der Waals surface area contributed by atoms with Gasteiger partial charge in [-0.05, 0) is 54.7 Å². The molecular formula is C27H34N2O2. The van der Waals surface area contributed by atoms with E-state index < -0.39 is 5.97 Å². The highest BCUT2D eigenvalue weighted by atomic mass is 16.4. The lowest BCUT2D eigenvalue weighted by molar-refractivity contribution is -0.0833. The van der Waals surface area contributed by atoms with Crippen molar-refractivity contribution in [1.29, 1.82) is 0 Å². The van der Waals surface area contributed by atoms with E-state index >= 15 is 0 Å². The Kier molecular flexibility index (Phi) is 6.89. The minimum Gasteiger partial charge on any atom is -0.478 e. The van der Waals surface area contributed by atoms with Gasteiger partial charge in [-0.25, -0.2) is 4.79 Å². The maximum Gasteiger partial charge on any atom is 0.336 e. The summed E-state index contributed by atoms with van der Waals surface area (Å²) in [5.41, 5.74) is 3.20. The Morgan fingerprint density at radius 1 is 1.06 bits per heavy atom. The molecule has 1 heterocycles. The summed E-state index contributed by atoms with van der Waals surface area (Å²) in [7, 11) is 0. The lowest BCUT2D eigenvalue weighted by Gasteiger charge is -2.59. The summed E-state index contributed by atoms with van der Waals surface area (Å²) >= 11 is 0. The molecule has 2 aliphatic carbocycles. The van der Waals surface area contributed by atoms with E-state index in [1.165, 1.54) is 31.2 Å². The van der Waals surface area contributed by atoms with Gasteiger partial charge in [-0.15, -0.1) is 0 Å². The van der Waals surface area contributed by atoms with Crippen LogP contribution in [0.15, 0.2) is 60.7 Å². The number of carboxylic acid groups (broad SMARTS) is 1. The molecule has 4 nitrogen and oxygen atoms in total. The molecule has 2 N–H and O–H groups in total. The standard InChI is InChI=1S/C17H22N2O2.C10H12/c20-16(21)15-4-2-1-3-12(15)9-19-10-17(11-19)7-14(8-17)18-13-5-6-13;1-2-3-7-10-8-5-4-6-9-10/h1-4,13-14,18H,5-11H2,(H,20,21);3-9H,2H2,1H3/b;7-3-. The van der Waals surface area contributed by atoms with Crippen molar-refractivity contribution in [1.82, 2.24) is 10.2 Å². The molecule has 0 bridgehead atoms. The molecule has 0 unspecified atom stereocenters. The zero-order chi connectivity index (χ0) is 21.7. The van der Waals surface area contributed by atoms with Crippen LogP contribution in [0.4, 0.5) is 0 Å². The van der Waals surface area contributed by atoms with Gasteiger partial charge in [-0.2, -0.15) is 0 Å². The molecule has 4 heteroatoms. The number of hydrogen-bond acceptors (Lipinski definition) is 3. The van der Waals surface area contributed by atoms with Crippen molar-refractivity contribution in [2.75, 3.05) is 13.1 Å². The van der Waals surface area contributed by atoms with Gasteiger partial charge in [0, 0.05) is 31.7 Å². The zero-order valence-electron chi connectivity index (χ0n) is 18.5. The van der Waals surface area contributed by atoms with Crippen molar-refractivity contribution in [3.8, 4) is 0 Å². The number of allylic oxidation sites excluding steroid dienone is 1. The van der Waals surface area contributed by atoms with Crippen molar-refractivity contribution < 1.29 is 9.90 Å². The van der Waals surface area contributed by atoms with Gasteiger partial charge < -0.3 is 10.4 Å². The minimum atomic E-state index is -0.821. The molecule has 0 radical (unpaired) electrons. The van der Waals surface area contributed by atoms with Crippen molar-refractivity contribution in [3.63, 3.8) is 0 Å². The highest BCUT2D eigenvalue weighted by molar-refractivity contribution is 5.89. The van der Waals surface area contributed by atoms with Crippen molar-refractivity contribution in [2.45, 2.75) is 57.7 Å². The molecule has 0 aromatic heterocycles. The topological polar surface area (TPSA) is 52.6 Å². The number of carbonyl (C=O) groups is 1. The molecule has 2 aromatic rings. The highest BCUT2D eigenvalue weighted by Gasteiger charge is 2.52. The van der Waals surface area contributed by atoms with Crippen molar-refractivity contribution in [3.05, 3.63) is 77.4 Å². The summed E-state index contributed by atoms with van der Waals surface area (Å²) in [6, 6.07) is 19.3. The maximum atomic E-state index is 11.2. The molecule has 164 valence electrons. The van der Waals surface area contributed by atoms with Gasteiger partial charge in [-0.1, -0.05) is 67.6 Å². The van der Waals surface area contributed by atoms with Crippen LogP contribution in [0.2, 0.25) is 0 Å². The highest BCUT2D eigenvalue weighted by Crippen LogP contribution is 2.49. The number of likely N-dealkylation sites (tertiary alicyclic amines) is 1. The average molecular weight is 419 g/mol. The lowest BCUT2D eigenvalue weighted by Crippen LogP contribution is -2.65. The third kappa shape index (κ3) is 5.84. The zero-order valence-corrected chi connectivity index (χ0v) is 18.5. The molecule has 3 fully saturated rings. The number of carboxylic acids is 1. The molecule has 31 heavy (non-hydrogen) atoms. The van der Waals surface area contributed by atoms with Crippen LogP contribution in [0.25, 0.3) is 6.08 Å². The summed E-state index contributed by atoms with van der Waals surface area (Å²) in [6.07, 6.45) is 10.7. The molecule has 1 saturated heterocycles. The molecular weight excluding hydrogens is 384 g/mol. The third-order valence-electron chi connectivity index (χ3n) is 6.51. The van der Waals surface area contributed by atoms with Crippen LogP contribution in [0, 0.1) is 5.41 Å². The smallest absolute Gasteiger partial charge is 0.336 e.